The first-order valence-electron chi connectivity index (χ1n) is 4.12. The van der Waals surface area contributed by atoms with Gasteiger partial charge in [-0.2, -0.15) is 12.6 Å². The molecule has 2 N–H and O–H groups in total. The zero-order valence-corrected chi connectivity index (χ0v) is 12.1. The summed E-state index contributed by atoms with van der Waals surface area (Å²) >= 11 is 9.62. The lowest BCUT2D eigenvalue weighted by Gasteiger charge is -1.92. The molecule has 0 aliphatic heterocycles. The smallest absolute Gasteiger partial charge is 0.313 e. The molecule has 17 heavy (non-hydrogen) atoms. The van der Waals surface area contributed by atoms with Gasteiger partial charge in [-0.25, -0.2) is 0 Å². The fraction of sp³-hybridized carbons (Fsp3) is 0.750. The number of thioether (sulfide) groups is 1. The molecule has 9 heteroatoms. The Kier molecular flexibility index (Phi) is 27.5. The third-order valence-corrected chi connectivity index (χ3v) is 2.01. The van der Waals surface area contributed by atoms with Crippen LogP contribution in [0.25, 0.3) is 0 Å². The molecule has 0 heterocycles. The first-order valence-corrected chi connectivity index (χ1v) is 6.44. The Hall–Kier alpha value is -0.150. The largest absolute Gasteiger partial charge is 0.481 e. The first-order chi connectivity index (χ1) is 7.95. The number of thiol groups is 1. The van der Waals surface area contributed by atoms with Gasteiger partial charge in [-0.3, -0.25) is 9.59 Å². The number of halogens is 1. The highest BCUT2D eigenvalue weighted by Crippen LogP contribution is 1.96. The summed E-state index contributed by atoms with van der Waals surface area (Å²) in [5.41, 5.74) is 0. The van der Waals surface area contributed by atoms with Crippen LogP contribution < -0.4 is 0 Å². The molecule has 0 aromatic rings. The average Bonchev–Trinajstić information content (AvgIpc) is 2.30. The molecule has 104 valence electrons. The van der Waals surface area contributed by atoms with Crippen molar-refractivity contribution in [2.75, 3.05) is 37.7 Å². The van der Waals surface area contributed by atoms with Crippen LogP contribution >= 0.6 is 36.0 Å². The molecule has 0 radical (unpaired) electrons. The summed E-state index contributed by atoms with van der Waals surface area (Å²) in [5, 5.41) is 15.7. The molecule has 0 bridgehead atoms. The molecule has 0 aliphatic carbocycles. The molecule has 0 atom stereocenters. The van der Waals surface area contributed by atoms with Crippen molar-refractivity contribution < 1.29 is 29.3 Å². The molecule has 0 spiro atoms. The van der Waals surface area contributed by atoms with Gasteiger partial charge in [0.05, 0.1) is 17.4 Å². The summed E-state index contributed by atoms with van der Waals surface area (Å²) in [5.74, 6) is -1.19. The third kappa shape index (κ3) is 49.3. The number of aliphatic carboxylic acids is 2. The molecule has 0 unspecified atom stereocenters. The Bertz CT molecular complexity index is 179. The number of hydrogen-bond donors (Lipinski definition) is 3. The van der Waals surface area contributed by atoms with Gasteiger partial charge in [-0.1, -0.05) is 11.6 Å². The predicted octanol–water partition coefficient (Wildman–Crippen LogP) is 1.24. The summed E-state index contributed by atoms with van der Waals surface area (Å²) in [7, 11) is 3.09. The maximum absolute atomic E-state index is 9.80. The van der Waals surface area contributed by atoms with E-state index in [9.17, 15) is 9.59 Å². The molecule has 0 rings (SSSR count). The van der Waals surface area contributed by atoms with Crippen molar-refractivity contribution in [1.82, 2.24) is 0 Å². The Morgan fingerprint density at radius 2 is 1.65 bits per heavy atom. The lowest BCUT2D eigenvalue weighted by molar-refractivity contribution is -0.134. The number of rotatable bonds is 6. The summed E-state index contributed by atoms with van der Waals surface area (Å²) in [6.45, 7) is 0. The van der Waals surface area contributed by atoms with E-state index in [1.54, 1.807) is 7.11 Å². The second kappa shape index (κ2) is 21.2. The van der Waals surface area contributed by atoms with Crippen LogP contribution in [0.3, 0.4) is 0 Å². The zero-order valence-electron chi connectivity index (χ0n) is 9.59. The number of carboxylic acids is 2. The van der Waals surface area contributed by atoms with Crippen LogP contribution in [0, 0.1) is 0 Å². The second-order valence-corrected chi connectivity index (χ2v) is 3.57. The van der Waals surface area contributed by atoms with Crippen LogP contribution in [0.5, 0.6) is 0 Å². The van der Waals surface area contributed by atoms with Crippen LogP contribution in [0.2, 0.25) is 0 Å². The van der Waals surface area contributed by atoms with E-state index >= 15 is 0 Å². The van der Waals surface area contributed by atoms with Gasteiger partial charge in [0, 0.05) is 14.2 Å². The minimum atomic E-state index is -0.881. The van der Waals surface area contributed by atoms with E-state index in [0.29, 0.717) is 12.0 Å². The fourth-order valence-electron chi connectivity index (χ4n) is 0.212. The molecule has 0 aliphatic rings. The number of hydrogen-bond acceptors (Lipinski definition) is 6. The molecule has 0 aromatic carbocycles. The molecule has 0 fully saturated rings. The fourth-order valence-corrected chi connectivity index (χ4v) is 0.637. The van der Waals surface area contributed by atoms with Crippen molar-refractivity contribution in [3.63, 3.8) is 0 Å². The normalized spacial score (nSPS) is 8.24. The van der Waals surface area contributed by atoms with Crippen molar-refractivity contribution >= 4 is 47.9 Å². The van der Waals surface area contributed by atoms with Crippen molar-refractivity contribution in [3.05, 3.63) is 0 Å². The van der Waals surface area contributed by atoms with Gasteiger partial charge in [0.25, 0.3) is 0 Å². The second-order valence-electron chi connectivity index (χ2n) is 2.10. The van der Waals surface area contributed by atoms with Crippen LogP contribution in [0.1, 0.15) is 0 Å². The Balaban J connectivity index is -0.000000188. The highest BCUT2D eigenvalue weighted by Gasteiger charge is 1.93. The van der Waals surface area contributed by atoms with Crippen molar-refractivity contribution in [2.45, 2.75) is 0 Å². The van der Waals surface area contributed by atoms with Gasteiger partial charge in [-0.15, -0.1) is 11.8 Å². The van der Waals surface area contributed by atoms with Gasteiger partial charge >= 0.3 is 11.9 Å². The topological polar surface area (TPSA) is 93.1 Å². The summed E-state index contributed by atoms with van der Waals surface area (Å²) in [6.07, 6.45) is 0. The van der Waals surface area contributed by atoms with E-state index in [0.717, 1.165) is 0 Å². The van der Waals surface area contributed by atoms with Gasteiger partial charge in [0.15, 0.2) is 0 Å². The van der Waals surface area contributed by atoms with Crippen LogP contribution in [-0.2, 0) is 19.1 Å². The molecule has 6 nitrogen and oxygen atoms in total. The van der Waals surface area contributed by atoms with Gasteiger partial charge in [-0.05, 0) is 0 Å². The summed E-state index contributed by atoms with van der Waals surface area (Å²) in [6, 6.07) is 0.292. The summed E-state index contributed by atoms with van der Waals surface area (Å²) < 4.78 is 8.90. The number of alkyl halides is 1. The molecular formula is C8H17ClO6S2. The minimum absolute atomic E-state index is 0.0833. The molecule has 0 saturated heterocycles. The standard InChI is InChI=1S/C4H8O3S.C2H5ClO.C2H4O2S/c1-7-3-8-2-4(5)6;1-4-2-3;3-2(4)1-5/h2-3H2,1H3,(H,5,6);2H2,1H3;5H,1H2,(H,3,4). The Labute approximate surface area is 115 Å². The minimum Gasteiger partial charge on any atom is -0.481 e. The van der Waals surface area contributed by atoms with E-state index in [1.165, 1.54) is 18.9 Å². The Morgan fingerprint density at radius 3 is 1.82 bits per heavy atom. The predicted molar refractivity (Wildman–Crippen MR) is 71.2 cm³/mol. The van der Waals surface area contributed by atoms with Crippen molar-refractivity contribution in [3.8, 4) is 0 Å². The van der Waals surface area contributed by atoms with Crippen LogP contribution in [0.15, 0.2) is 0 Å². The molecule has 0 amide bonds. The lowest BCUT2D eigenvalue weighted by atomic mass is 10.8. The van der Waals surface area contributed by atoms with Crippen LogP contribution in [0.4, 0.5) is 0 Å². The first kappa shape index (κ1) is 22.1. The van der Waals surface area contributed by atoms with Crippen molar-refractivity contribution in [2.24, 2.45) is 0 Å². The quantitative estimate of drug-likeness (QED) is 0.294. The van der Waals surface area contributed by atoms with Gasteiger partial charge in [0.2, 0.25) is 0 Å². The van der Waals surface area contributed by atoms with E-state index in [1.807, 2.05) is 0 Å². The summed E-state index contributed by atoms with van der Waals surface area (Å²) in [4.78, 5) is 19.1. The highest BCUT2D eigenvalue weighted by atomic mass is 35.5. The van der Waals surface area contributed by atoms with E-state index in [2.05, 4.69) is 22.1 Å². The molecule has 0 saturated carbocycles. The van der Waals surface area contributed by atoms with E-state index in [-0.39, 0.29) is 11.5 Å². The SMILES string of the molecule is COCCl.COCSCC(=O)O.O=C(O)CS. The monoisotopic (exact) mass is 308 g/mol. The van der Waals surface area contributed by atoms with Gasteiger partial charge in [0.1, 0.15) is 6.07 Å². The van der Waals surface area contributed by atoms with E-state index in [4.69, 9.17) is 21.8 Å². The maximum atomic E-state index is 9.80. The number of carboxylic acid groups (broad SMARTS) is 2. The van der Waals surface area contributed by atoms with Crippen molar-refractivity contribution in [1.29, 1.82) is 0 Å². The highest BCUT2D eigenvalue weighted by molar-refractivity contribution is 7.99. The molecular weight excluding hydrogens is 292 g/mol. The number of carbonyl (C=O) groups is 2. The number of methoxy groups -OCH3 is 2. The zero-order chi connectivity index (χ0) is 14.1. The Morgan fingerprint density at radius 1 is 1.24 bits per heavy atom. The molecule has 0 aromatic heterocycles. The third-order valence-electron chi connectivity index (χ3n) is 0.671. The maximum Gasteiger partial charge on any atom is 0.313 e. The average molecular weight is 309 g/mol. The van der Waals surface area contributed by atoms with E-state index < -0.39 is 11.9 Å². The lowest BCUT2D eigenvalue weighted by Crippen LogP contribution is -1.98. The van der Waals surface area contributed by atoms with Crippen LogP contribution in [-0.4, -0.2) is 59.9 Å². The van der Waals surface area contributed by atoms with Gasteiger partial charge < -0.3 is 19.7 Å². The number of ether oxygens (including phenoxy) is 2.